The highest BCUT2D eigenvalue weighted by atomic mass is 16.4. The number of carboxylic acid groups (broad SMARTS) is 1. The summed E-state index contributed by atoms with van der Waals surface area (Å²) >= 11 is 0. The molecular weight excluding hydrogens is 180 g/mol. The topological polar surface area (TPSA) is 57.5 Å². The van der Waals surface area contributed by atoms with Gasteiger partial charge in [-0.05, 0) is 25.7 Å². The van der Waals surface area contributed by atoms with Gasteiger partial charge in [-0.3, -0.25) is 0 Å². The summed E-state index contributed by atoms with van der Waals surface area (Å²) in [6.45, 7) is 4.60. The monoisotopic (exact) mass is 196 g/mol. The van der Waals surface area contributed by atoms with Crippen molar-refractivity contribution in [3.63, 3.8) is 0 Å². The van der Waals surface area contributed by atoms with Crippen molar-refractivity contribution in [2.75, 3.05) is 0 Å². The number of hydrogen-bond acceptors (Lipinski definition) is 2. The van der Waals surface area contributed by atoms with E-state index in [9.17, 15) is 4.79 Å². The van der Waals surface area contributed by atoms with Crippen molar-refractivity contribution in [1.29, 1.82) is 0 Å². The normalized spacial score (nSPS) is 32.3. The van der Waals surface area contributed by atoms with E-state index in [-0.39, 0.29) is 11.7 Å². The molecule has 0 aliphatic heterocycles. The van der Waals surface area contributed by atoms with E-state index < -0.39 is 5.97 Å². The molecule has 0 aromatic heterocycles. The second-order valence-electron chi connectivity index (χ2n) is 3.93. The van der Waals surface area contributed by atoms with Gasteiger partial charge in [-0.2, -0.15) is 0 Å². The molecule has 1 saturated carbocycles. The van der Waals surface area contributed by atoms with Crippen molar-refractivity contribution >= 4 is 5.97 Å². The van der Waals surface area contributed by atoms with Gasteiger partial charge in [0.2, 0.25) is 0 Å². The number of aliphatic carboxylic acids is 1. The lowest BCUT2D eigenvalue weighted by Crippen LogP contribution is -2.11. The Morgan fingerprint density at radius 1 is 1.43 bits per heavy atom. The number of hydrogen-bond donors (Lipinski definition) is 2. The van der Waals surface area contributed by atoms with E-state index in [1.54, 1.807) is 0 Å². The Hall–Kier alpha value is -1.09. The van der Waals surface area contributed by atoms with Gasteiger partial charge in [0.1, 0.15) is 0 Å². The van der Waals surface area contributed by atoms with Gasteiger partial charge in [-0.15, -0.1) is 0 Å². The summed E-state index contributed by atoms with van der Waals surface area (Å²) in [5.41, 5.74) is 0.176. The van der Waals surface area contributed by atoms with Crippen molar-refractivity contribution in [2.24, 2.45) is 11.8 Å². The lowest BCUT2D eigenvalue weighted by Gasteiger charge is -2.08. The van der Waals surface area contributed by atoms with Crippen molar-refractivity contribution in [2.45, 2.75) is 25.9 Å². The van der Waals surface area contributed by atoms with Crippen LogP contribution in [0.2, 0.25) is 0 Å². The van der Waals surface area contributed by atoms with Crippen LogP contribution < -0.4 is 0 Å². The van der Waals surface area contributed by atoms with Gasteiger partial charge in [0, 0.05) is 11.5 Å². The zero-order chi connectivity index (χ0) is 10.7. The molecule has 0 amide bonds. The molecule has 3 atom stereocenters. The Kier molecular flexibility index (Phi) is 3.47. The summed E-state index contributed by atoms with van der Waals surface area (Å²) in [4.78, 5) is 9.60. The smallest absolute Gasteiger partial charge is 0.330 e. The third-order valence-corrected chi connectivity index (χ3v) is 2.61. The molecule has 0 radical (unpaired) electrons. The fraction of sp³-hybridized carbons (Fsp3) is 0.545. The minimum atomic E-state index is -0.935. The minimum absolute atomic E-state index is 0.00926. The fourth-order valence-corrected chi connectivity index (χ4v) is 1.75. The molecule has 1 fully saturated rings. The number of fused-ring (bicyclic) bond motifs is 2. The van der Waals surface area contributed by atoms with E-state index >= 15 is 0 Å². The summed E-state index contributed by atoms with van der Waals surface area (Å²) in [5.74, 6) is 0.296. The predicted molar refractivity (Wildman–Crippen MR) is 53.8 cm³/mol. The van der Waals surface area contributed by atoms with E-state index in [0.29, 0.717) is 5.92 Å². The van der Waals surface area contributed by atoms with Crippen LogP contribution in [0.3, 0.4) is 0 Å². The van der Waals surface area contributed by atoms with Crippen molar-refractivity contribution in [1.82, 2.24) is 0 Å². The molecule has 3 heteroatoms. The van der Waals surface area contributed by atoms with Crippen LogP contribution in [0, 0.1) is 11.8 Å². The van der Waals surface area contributed by atoms with E-state index in [4.69, 9.17) is 10.2 Å². The molecule has 2 rings (SSSR count). The molecule has 3 nitrogen and oxygen atoms in total. The largest absolute Gasteiger partial charge is 0.478 e. The molecule has 2 aliphatic carbocycles. The molecule has 2 bridgehead atoms. The molecule has 0 spiro atoms. The maximum absolute atomic E-state index is 9.60. The molecule has 0 aromatic carbocycles. The van der Waals surface area contributed by atoms with E-state index in [1.165, 1.54) is 13.3 Å². The van der Waals surface area contributed by atoms with Crippen LogP contribution in [0.1, 0.15) is 19.8 Å². The van der Waals surface area contributed by atoms with Gasteiger partial charge in [0.05, 0.1) is 6.10 Å². The van der Waals surface area contributed by atoms with Gasteiger partial charge in [-0.1, -0.05) is 18.7 Å². The van der Waals surface area contributed by atoms with Crippen LogP contribution in [0.5, 0.6) is 0 Å². The Balaban J connectivity index is 0.000000149. The van der Waals surface area contributed by atoms with Crippen molar-refractivity contribution in [3.05, 3.63) is 24.3 Å². The van der Waals surface area contributed by atoms with Crippen LogP contribution in [0.4, 0.5) is 0 Å². The highest BCUT2D eigenvalue weighted by Gasteiger charge is 2.33. The molecule has 0 aromatic rings. The lowest BCUT2D eigenvalue weighted by atomic mass is 10.1. The van der Waals surface area contributed by atoms with Crippen LogP contribution in [0.15, 0.2) is 24.3 Å². The predicted octanol–water partition coefficient (Wildman–Crippen LogP) is 1.59. The Labute approximate surface area is 83.8 Å². The maximum Gasteiger partial charge on any atom is 0.330 e. The first-order valence-electron chi connectivity index (χ1n) is 4.76. The number of aliphatic hydroxyl groups excluding tert-OH is 1. The van der Waals surface area contributed by atoms with Crippen LogP contribution in [0.25, 0.3) is 0 Å². The molecule has 2 N–H and O–H groups in total. The first kappa shape index (κ1) is 11.0. The third kappa shape index (κ3) is 2.70. The summed E-state index contributed by atoms with van der Waals surface area (Å²) in [6.07, 6.45) is 6.60. The summed E-state index contributed by atoms with van der Waals surface area (Å²) in [6, 6.07) is 0. The quantitative estimate of drug-likeness (QED) is 0.494. The third-order valence-electron chi connectivity index (χ3n) is 2.61. The first-order valence-corrected chi connectivity index (χ1v) is 4.76. The zero-order valence-corrected chi connectivity index (χ0v) is 8.31. The molecule has 14 heavy (non-hydrogen) atoms. The molecule has 78 valence electrons. The highest BCUT2D eigenvalue weighted by molar-refractivity contribution is 5.84. The number of aliphatic hydroxyl groups is 1. The average Bonchev–Trinajstić information content (AvgIpc) is 2.65. The minimum Gasteiger partial charge on any atom is -0.478 e. The summed E-state index contributed by atoms with van der Waals surface area (Å²) < 4.78 is 0. The first-order chi connectivity index (χ1) is 6.50. The van der Waals surface area contributed by atoms with Gasteiger partial charge in [0.25, 0.3) is 0 Å². The van der Waals surface area contributed by atoms with Crippen LogP contribution >= 0.6 is 0 Å². The van der Waals surface area contributed by atoms with Crippen LogP contribution in [-0.2, 0) is 4.79 Å². The van der Waals surface area contributed by atoms with Gasteiger partial charge in [-0.25, -0.2) is 4.79 Å². The fourth-order valence-electron chi connectivity index (χ4n) is 1.75. The SMILES string of the molecule is C=C(C)C(=O)O.OC1CC2C=CC1C2. The highest BCUT2D eigenvalue weighted by Crippen LogP contribution is 2.38. The second kappa shape index (κ2) is 4.42. The van der Waals surface area contributed by atoms with E-state index in [0.717, 1.165) is 12.3 Å². The molecule has 0 saturated heterocycles. The van der Waals surface area contributed by atoms with Gasteiger partial charge >= 0.3 is 5.97 Å². The second-order valence-corrected chi connectivity index (χ2v) is 3.93. The Morgan fingerprint density at radius 3 is 2.14 bits per heavy atom. The Bertz CT molecular complexity index is 256. The van der Waals surface area contributed by atoms with Crippen molar-refractivity contribution in [3.8, 4) is 0 Å². The van der Waals surface area contributed by atoms with Gasteiger partial charge in [0.15, 0.2) is 0 Å². The molecule has 2 aliphatic rings. The Morgan fingerprint density at radius 2 is 2.00 bits per heavy atom. The van der Waals surface area contributed by atoms with E-state index in [1.807, 2.05) is 0 Å². The number of carboxylic acids is 1. The number of carbonyl (C=O) groups is 1. The van der Waals surface area contributed by atoms with E-state index in [2.05, 4.69) is 18.7 Å². The zero-order valence-electron chi connectivity index (χ0n) is 8.31. The maximum atomic E-state index is 9.60. The van der Waals surface area contributed by atoms with Crippen molar-refractivity contribution < 1.29 is 15.0 Å². The average molecular weight is 196 g/mol. The summed E-state index contributed by atoms with van der Waals surface area (Å²) in [7, 11) is 0. The summed E-state index contributed by atoms with van der Waals surface area (Å²) in [5, 5.41) is 17.1. The molecular formula is C11H16O3. The molecule has 3 unspecified atom stereocenters. The van der Waals surface area contributed by atoms with Gasteiger partial charge < -0.3 is 10.2 Å². The van der Waals surface area contributed by atoms with Crippen LogP contribution in [-0.4, -0.2) is 22.3 Å². The molecule has 0 heterocycles. The number of rotatable bonds is 1. The lowest BCUT2D eigenvalue weighted by molar-refractivity contribution is -0.132. The standard InChI is InChI=1S/C7H10O.C4H6O2/c8-7-4-5-1-2-6(7)3-5;1-3(2)4(5)6/h1-2,5-8H,3-4H2;1H2,2H3,(H,5,6). The number of allylic oxidation sites excluding steroid dienone is 1.